The summed E-state index contributed by atoms with van der Waals surface area (Å²) in [5, 5.41) is 15.9. The van der Waals surface area contributed by atoms with E-state index >= 15 is 0 Å². The fraction of sp³-hybridized carbons (Fsp3) is 0.741. The van der Waals surface area contributed by atoms with Crippen LogP contribution in [-0.2, 0) is 22.4 Å². The normalized spacial score (nSPS) is 18.2. The van der Waals surface area contributed by atoms with Crippen LogP contribution < -0.4 is 10.6 Å². The van der Waals surface area contributed by atoms with Crippen molar-refractivity contribution in [2.24, 2.45) is 0 Å². The number of carbonyl (C=O) groups is 2. The highest BCUT2D eigenvalue weighted by Gasteiger charge is 2.29. The van der Waals surface area contributed by atoms with Crippen molar-refractivity contribution in [3.05, 3.63) is 23.4 Å². The van der Waals surface area contributed by atoms with E-state index in [4.69, 9.17) is 9.72 Å². The van der Waals surface area contributed by atoms with Crippen LogP contribution in [0.4, 0.5) is 10.6 Å². The van der Waals surface area contributed by atoms with Gasteiger partial charge in [-0.15, -0.1) is 0 Å². The fourth-order valence-electron chi connectivity index (χ4n) is 4.94. The van der Waals surface area contributed by atoms with Crippen LogP contribution in [0.1, 0.15) is 70.6 Å². The van der Waals surface area contributed by atoms with E-state index in [1.165, 1.54) is 5.56 Å². The molecule has 202 valence electrons. The van der Waals surface area contributed by atoms with Crippen LogP contribution in [0, 0.1) is 0 Å². The summed E-state index contributed by atoms with van der Waals surface area (Å²) in [6.45, 7) is 10.5. The van der Waals surface area contributed by atoms with Gasteiger partial charge in [-0.25, -0.2) is 14.6 Å². The third-order valence-corrected chi connectivity index (χ3v) is 7.11. The maximum Gasteiger partial charge on any atom is 0.326 e. The molecule has 0 bridgehead atoms. The molecule has 0 aromatic carbocycles. The van der Waals surface area contributed by atoms with Gasteiger partial charge in [-0.2, -0.15) is 0 Å². The molecule has 1 aromatic heterocycles. The first-order chi connectivity index (χ1) is 17.3. The minimum Gasteiger partial charge on any atom is -0.480 e. The molecule has 2 amide bonds. The number of amides is 2. The quantitative estimate of drug-likeness (QED) is 0.334. The summed E-state index contributed by atoms with van der Waals surface area (Å²) in [5.41, 5.74) is 2.42. The summed E-state index contributed by atoms with van der Waals surface area (Å²) < 4.78 is 5.75. The van der Waals surface area contributed by atoms with Gasteiger partial charge in [0.25, 0.3) is 0 Å². The lowest BCUT2D eigenvalue weighted by Crippen LogP contribution is -2.50. The number of nitrogens with zero attached hydrogens (tertiary/aromatic N) is 3. The molecule has 36 heavy (non-hydrogen) atoms. The largest absolute Gasteiger partial charge is 0.480 e. The van der Waals surface area contributed by atoms with E-state index in [1.54, 1.807) is 4.90 Å². The van der Waals surface area contributed by atoms with Crippen LogP contribution in [0.5, 0.6) is 0 Å². The number of urea groups is 1. The number of nitrogens with one attached hydrogen (secondary N) is 2. The lowest BCUT2D eigenvalue weighted by atomic mass is 10.1. The number of aromatic nitrogens is 1. The minimum atomic E-state index is -0.985. The molecule has 1 aromatic rings. The van der Waals surface area contributed by atoms with Crippen LogP contribution in [0.15, 0.2) is 12.1 Å². The number of ether oxygens (including phenoxy) is 1. The molecule has 9 heteroatoms. The van der Waals surface area contributed by atoms with E-state index in [9.17, 15) is 14.7 Å². The molecule has 1 fully saturated rings. The van der Waals surface area contributed by atoms with Crippen molar-refractivity contribution < 1.29 is 19.4 Å². The Morgan fingerprint density at radius 3 is 2.81 bits per heavy atom. The van der Waals surface area contributed by atoms with E-state index < -0.39 is 12.0 Å². The summed E-state index contributed by atoms with van der Waals surface area (Å²) in [6.07, 6.45) is 7.63. The number of pyridine rings is 1. The van der Waals surface area contributed by atoms with Crippen LogP contribution in [0.3, 0.4) is 0 Å². The SMILES string of the molecule is CC(C)OCCN(CCCCc1ccc2c(n1)NCCC2)CCC(NC(=O)N1CCCC1C)C(=O)O. The molecule has 0 saturated carbocycles. The van der Waals surface area contributed by atoms with Gasteiger partial charge in [0.2, 0.25) is 0 Å². The van der Waals surface area contributed by atoms with Gasteiger partial charge in [-0.3, -0.25) is 0 Å². The molecule has 3 rings (SSSR count). The summed E-state index contributed by atoms with van der Waals surface area (Å²) in [5.74, 6) is 0.0527. The molecule has 9 nitrogen and oxygen atoms in total. The number of hydrogen-bond donors (Lipinski definition) is 3. The van der Waals surface area contributed by atoms with Gasteiger partial charge < -0.3 is 30.3 Å². The van der Waals surface area contributed by atoms with Crippen LogP contribution in [0.25, 0.3) is 0 Å². The number of anilines is 1. The smallest absolute Gasteiger partial charge is 0.326 e. The van der Waals surface area contributed by atoms with Gasteiger partial charge in [-0.1, -0.05) is 6.07 Å². The summed E-state index contributed by atoms with van der Waals surface area (Å²) in [6, 6.07) is 3.33. The number of rotatable bonds is 14. The predicted molar refractivity (Wildman–Crippen MR) is 141 cm³/mol. The van der Waals surface area contributed by atoms with Gasteiger partial charge in [0.05, 0.1) is 12.7 Å². The van der Waals surface area contributed by atoms with Gasteiger partial charge in [0, 0.05) is 37.9 Å². The van der Waals surface area contributed by atoms with E-state index in [0.29, 0.717) is 26.1 Å². The molecule has 2 atom stereocenters. The number of aryl methyl sites for hydroxylation is 2. The van der Waals surface area contributed by atoms with E-state index in [0.717, 1.165) is 76.1 Å². The number of fused-ring (bicyclic) bond motifs is 1. The highest BCUT2D eigenvalue weighted by atomic mass is 16.5. The van der Waals surface area contributed by atoms with Crippen molar-refractivity contribution in [1.82, 2.24) is 20.1 Å². The zero-order chi connectivity index (χ0) is 25.9. The molecule has 3 heterocycles. The fourth-order valence-corrected chi connectivity index (χ4v) is 4.94. The van der Waals surface area contributed by atoms with Gasteiger partial charge >= 0.3 is 12.0 Å². The molecule has 2 aliphatic rings. The molecule has 3 N–H and O–H groups in total. The van der Waals surface area contributed by atoms with Gasteiger partial charge in [-0.05, 0) is 90.3 Å². The number of carboxylic acid groups (broad SMARTS) is 1. The van der Waals surface area contributed by atoms with Crippen molar-refractivity contribution in [2.75, 3.05) is 44.6 Å². The Labute approximate surface area is 216 Å². The average Bonchev–Trinajstić information content (AvgIpc) is 3.29. The Hall–Kier alpha value is -2.39. The minimum absolute atomic E-state index is 0.157. The summed E-state index contributed by atoms with van der Waals surface area (Å²) in [4.78, 5) is 33.3. The number of likely N-dealkylation sites (tertiary alicyclic amines) is 1. The Morgan fingerprint density at radius 2 is 2.08 bits per heavy atom. The maximum atomic E-state index is 12.6. The molecule has 0 aliphatic carbocycles. The lowest BCUT2D eigenvalue weighted by molar-refractivity contribution is -0.139. The van der Waals surface area contributed by atoms with Crippen molar-refractivity contribution in [3.63, 3.8) is 0 Å². The third-order valence-electron chi connectivity index (χ3n) is 7.11. The van der Waals surface area contributed by atoms with Crippen LogP contribution >= 0.6 is 0 Å². The Balaban J connectivity index is 1.47. The van der Waals surface area contributed by atoms with E-state index in [2.05, 4.69) is 27.7 Å². The van der Waals surface area contributed by atoms with Crippen LogP contribution in [-0.4, -0.2) is 89.4 Å². The highest BCUT2D eigenvalue weighted by molar-refractivity contribution is 5.82. The van der Waals surface area contributed by atoms with Gasteiger partial charge in [0.15, 0.2) is 0 Å². The molecular weight excluding hydrogens is 458 g/mol. The van der Waals surface area contributed by atoms with E-state index in [1.807, 2.05) is 20.8 Å². The molecular formula is C27H45N5O4. The van der Waals surface area contributed by atoms with Crippen molar-refractivity contribution >= 4 is 17.8 Å². The van der Waals surface area contributed by atoms with Crippen molar-refractivity contribution in [3.8, 4) is 0 Å². The Morgan fingerprint density at radius 1 is 1.25 bits per heavy atom. The second kappa shape index (κ2) is 14.4. The summed E-state index contributed by atoms with van der Waals surface area (Å²) >= 11 is 0. The van der Waals surface area contributed by atoms with Crippen molar-refractivity contribution in [2.45, 2.75) is 90.3 Å². The maximum absolute atomic E-state index is 12.6. The highest BCUT2D eigenvalue weighted by Crippen LogP contribution is 2.20. The molecule has 2 unspecified atom stereocenters. The monoisotopic (exact) mass is 503 g/mol. The lowest BCUT2D eigenvalue weighted by Gasteiger charge is -2.27. The topological polar surface area (TPSA) is 107 Å². The number of carboxylic acids is 1. The average molecular weight is 504 g/mol. The predicted octanol–water partition coefficient (Wildman–Crippen LogP) is 3.53. The summed E-state index contributed by atoms with van der Waals surface area (Å²) in [7, 11) is 0. The van der Waals surface area contributed by atoms with Crippen molar-refractivity contribution in [1.29, 1.82) is 0 Å². The number of aliphatic carboxylic acids is 1. The molecule has 0 radical (unpaired) electrons. The third kappa shape index (κ3) is 8.92. The second-order valence-corrected chi connectivity index (χ2v) is 10.4. The molecule has 0 spiro atoms. The first kappa shape index (κ1) is 28.2. The number of hydrogen-bond acceptors (Lipinski definition) is 6. The molecule has 2 aliphatic heterocycles. The van der Waals surface area contributed by atoms with Crippen LogP contribution in [0.2, 0.25) is 0 Å². The first-order valence-electron chi connectivity index (χ1n) is 13.7. The number of unbranched alkanes of at least 4 members (excludes halogenated alkanes) is 1. The van der Waals surface area contributed by atoms with Gasteiger partial charge in [0.1, 0.15) is 11.9 Å². The Kier molecular flexibility index (Phi) is 11.3. The zero-order valence-corrected chi connectivity index (χ0v) is 22.3. The van der Waals surface area contributed by atoms with E-state index in [-0.39, 0.29) is 18.2 Å². The zero-order valence-electron chi connectivity index (χ0n) is 22.3. The Bertz CT molecular complexity index is 849. The second-order valence-electron chi connectivity index (χ2n) is 10.4. The molecule has 1 saturated heterocycles. The first-order valence-corrected chi connectivity index (χ1v) is 13.7. The number of carbonyl (C=O) groups excluding carboxylic acids is 1. The standard InChI is InChI=1S/C27H45N5O4/c1-20(2)36-19-18-31(15-5-4-10-23-12-11-22-9-6-14-28-25(22)29-23)17-13-24(26(33)34)30-27(35)32-16-7-8-21(32)3/h11-12,20-21,24H,4-10,13-19H2,1-3H3,(H,28,29)(H,30,35)(H,33,34).